The molecule has 0 amide bonds. The molecule has 0 spiro atoms. The van der Waals surface area contributed by atoms with Gasteiger partial charge in [0.25, 0.3) is 0 Å². The number of furan rings is 1. The zero-order chi connectivity index (χ0) is 11.5. The molecule has 2 rings (SSSR count). The van der Waals surface area contributed by atoms with Gasteiger partial charge in [0.05, 0.1) is 11.8 Å². The minimum absolute atomic E-state index is 0.320. The van der Waals surface area contributed by atoms with Gasteiger partial charge in [0, 0.05) is 11.8 Å². The molecule has 0 saturated heterocycles. The monoisotopic (exact) mass is 218 g/mol. The van der Waals surface area contributed by atoms with Crippen molar-refractivity contribution in [2.45, 2.75) is 19.8 Å². The molecule has 84 valence electrons. The van der Waals surface area contributed by atoms with Crippen LogP contribution in [-0.4, -0.2) is 9.97 Å². The third-order valence-electron chi connectivity index (χ3n) is 2.26. The molecular formula is C11H14N4O. The highest BCUT2D eigenvalue weighted by molar-refractivity contribution is 5.55. The zero-order valence-corrected chi connectivity index (χ0v) is 9.27. The molecule has 5 heteroatoms. The van der Waals surface area contributed by atoms with Crippen molar-refractivity contribution < 1.29 is 4.42 Å². The number of anilines is 1. The van der Waals surface area contributed by atoms with Crippen LogP contribution in [0, 0.1) is 0 Å². The van der Waals surface area contributed by atoms with E-state index in [1.807, 2.05) is 12.1 Å². The van der Waals surface area contributed by atoms with E-state index in [-0.39, 0.29) is 0 Å². The summed E-state index contributed by atoms with van der Waals surface area (Å²) >= 11 is 0. The van der Waals surface area contributed by atoms with Crippen LogP contribution >= 0.6 is 0 Å². The van der Waals surface area contributed by atoms with Crippen molar-refractivity contribution in [3.63, 3.8) is 0 Å². The molecule has 16 heavy (non-hydrogen) atoms. The Morgan fingerprint density at radius 2 is 2.19 bits per heavy atom. The van der Waals surface area contributed by atoms with Gasteiger partial charge in [0.15, 0.2) is 5.82 Å². The first-order chi connectivity index (χ1) is 7.70. The van der Waals surface area contributed by atoms with Gasteiger partial charge in [0.2, 0.25) is 0 Å². The van der Waals surface area contributed by atoms with Gasteiger partial charge in [-0.15, -0.1) is 0 Å². The van der Waals surface area contributed by atoms with Crippen molar-refractivity contribution in [1.29, 1.82) is 0 Å². The Balaban J connectivity index is 2.49. The van der Waals surface area contributed by atoms with Gasteiger partial charge in [-0.1, -0.05) is 13.8 Å². The van der Waals surface area contributed by atoms with Crippen LogP contribution in [0.3, 0.4) is 0 Å². The average molecular weight is 218 g/mol. The summed E-state index contributed by atoms with van der Waals surface area (Å²) in [6.07, 6.45) is 3.20. The van der Waals surface area contributed by atoms with E-state index in [0.717, 1.165) is 11.3 Å². The van der Waals surface area contributed by atoms with Crippen LogP contribution in [0.15, 0.2) is 29.1 Å². The van der Waals surface area contributed by atoms with Gasteiger partial charge < -0.3 is 9.84 Å². The minimum atomic E-state index is 0.320. The number of nitrogens with one attached hydrogen (secondary N) is 1. The summed E-state index contributed by atoms with van der Waals surface area (Å²) in [4.78, 5) is 8.73. The maximum absolute atomic E-state index is 5.38. The third kappa shape index (κ3) is 2.04. The van der Waals surface area contributed by atoms with Crippen LogP contribution in [0.1, 0.15) is 25.5 Å². The van der Waals surface area contributed by atoms with Crippen molar-refractivity contribution in [3.8, 4) is 11.4 Å². The van der Waals surface area contributed by atoms with E-state index < -0.39 is 0 Å². The first-order valence-electron chi connectivity index (χ1n) is 5.09. The molecule has 0 aliphatic heterocycles. The average Bonchev–Trinajstić information content (AvgIpc) is 2.81. The first-order valence-corrected chi connectivity index (χ1v) is 5.09. The van der Waals surface area contributed by atoms with E-state index in [4.69, 9.17) is 10.3 Å². The minimum Gasteiger partial charge on any atom is -0.472 e. The lowest BCUT2D eigenvalue weighted by Crippen LogP contribution is -2.10. The van der Waals surface area contributed by atoms with Crippen LogP contribution in [0.5, 0.6) is 0 Å². The fraction of sp³-hybridized carbons (Fsp3) is 0.273. The lowest BCUT2D eigenvalue weighted by Gasteiger charge is -2.08. The molecular weight excluding hydrogens is 204 g/mol. The highest BCUT2D eigenvalue weighted by atomic mass is 16.3. The molecule has 2 aromatic heterocycles. The molecule has 5 nitrogen and oxygen atoms in total. The number of hydrogen-bond acceptors (Lipinski definition) is 5. The van der Waals surface area contributed by atoms with Crippen molar-refractivity contribution in [1.82, 2.24) is 9.97 Å². The number of aromatic nitrogens is 2. The molecule has 0 aliphatic carbocycles. The number of hydrogen-bond donors (Lipinski definition) is 2. The molecule has 0 fully saturated rings. The van der Waals surface area contributed by atoms with Gasteiger partial charge in [-0.2, -0.15) is 0 Å². The summed E-state index contributed by atoms with van der Waals surface area (Å²) in [7, 11) is 0. The van der Waals surface area contributed by atoms with E-state index >= 15 is 0 Å². The second kappa shape index (κ2) is 4.32. The Labute approximate surface area is 93.7 Å². The number of hydrazine groups is 1. The van der Waals surface area contributed by atoms with Crippen molar-refractivity contribution >= 4 is 5.82 Å². The maximum Gasteiger partial charge on any atom is 0.165 e. The number of nitrogen functional groups attached to an aromatic ring is 1. The molecule has 0 saturated carbocycles. The summed E-state index contributed by atoms with van der Waals surface area (Å²) in [5.74, 6) is 6.92. The second-order valence-corrected chi connectivity index (χ2v) is 3.81. The highest BCUT2D eigenvalue weighted by Gasteiger charge is 2.09. The Morgan fingerprint density at radius 1 is 1.38 bits per heavy atom. The smallest absolute Gasteiger partial charge is 0.165 e. The first kappa shape index (κ1) is 10.6. The molecule has 2 aromatic rings. The number of nitrogens with zero attached hydrogens (tertiary/aromatic N) is 2. The third-order valence-corrected chi connectivity index (χ3v) is 2.26. The standard InChI is InChI=1S/C11H14N4O/c1-7(2)9-5-10(15-12)14-11(13-9)8-3-4-16-6-8/h3-7H,12H2,1-2H3,(H,13,14,15). The number of rotatable bonds is 3. The quantitative estimate of drug-likeness (QED) is 0.609. The molecule has 0 atom stereocenters. The predicted octanol–water partition coefficient (Wildman–Crippen LogP) is 2.15. The van der Waals surface area contributed by atoms with E-state index in [9.17, 15) is 0 Å². The summed E-state index contributed by atoms with van der Waals surface area (Å²) in [5.41, 5.74) is 4.33. The molecule has 0 bridgehead atoms. The van der Waals surface area contributed by atoms with E-state index in [0.29, 0.717) is 17.6 Å². The largest absolute Gasteiger partial charge is 0.472 e. The number of nitrogens with two attached hydrogens (primary N) is 1. The van der Waals surface area contributed by atoms with Crippen LogP contribution in [0.25, 0.3) is 11.4 Å². The maximum atomic E-state index is 5.38. The normalized spacial score (nSPS) is 10.8. The Hall–Kier alpha value is -1.88. The van der Waals surface area contributed by atoms with E-state index in [1.165, 1.54) is 0 Å². The molecule has 0 aromatic carbocycles. The Morgan fingerprint density at radius 3 is 2.75 bits per heavy atom. The van der Waals surface area contributed by atoms with Crippen molar-refractivity contribution in [3.05, 3.63) is 30.4 Å². The van der Waals surface area contributed by atoms with Crippen LogP contribution in [0.2, 0.25) is 0 Å². The van der Waals surface area contributed by atoms with Gasteiger partial charge in [-0.3, -0.25) is 0 Å². The fourth-order valence-electron chi connectivity index (χ4n) is 1.36. The highest BCUT2D eigenvalue weighted by Crippen LogP contribution is 2.21. The Kier molecular flexibility index (Phi) is 2.87. The van der Waals surface area contributed by atoms with Crippen LogP contribution in [-0.2, 0) is 0 Å². The van der Waals surface area contributed by atoms with Gasteiger partial charge >= 0.3 is 0 Å². The lowest BCUT2D eigenvalue weighted by molar-refractivity contribution is 0.568. The summed E-state index contributed by atoms with van der Waals surface area (Å²) < 4.78 is 5.01. The van der Waals surface area contributed by atoms with E-state index in [1.54, 1.807) is 12.5 Å². The molecule has 0 unspecified atom stereocenters. The van der Waals surface area contributed by atoms with Crippen LogP contribution < -0.4 is 11.3 Å². The second-order valence-electron chi connectivity index (χ2n) is 3.81. The fourth-order valence-corrected chi connectivity index (χ4v) is 1.36. The lowest BCUT2D eigenvalue weighted by atomic mass is 10.1. The van der Waals surface area contributed by atoms with Gasteiger partial charge in [0.1, 0.15) is 12.1 Å². The van der Waals surface area contributed by atoms with Gasteiger partial charge in [-0.05, 0) is 12.0 Å². The van der Waals surface area contributed by atoms with Crippen LogP contribution in [0.4, 0.5) is 5.82 Å². The summed E-state index contributed by atoms with van der Waals surface area (Å²) in [6, 6.07) is 3.66. The Bertz CT molecular complexity index is 465. The summed E-state index contributed by atoms with van der Waals surface area (Å²) in [6.45, 7) is 4.14. The predicted molar refractivity (Wildman–Crippen MR) is 61.6 cm³/mol. The molecule has 3 N–H and O–H groups in total. The SMILES string of the molecule is CC(C)c1cc(NN)nc(-c2ccoc2)n1. The van der Waals surface area contributed by atoms with Gasteiger partial charge in [-0.25, -0.2) is 15.8 Å². The van der Waals surface area contributed by atoms with Crippen molar-refractivity contribution in [2.24, 2.45) is 5.84 Å². The molecule has 2 heterocycles. The zero-order valence-electron chi connectivity index (χ0n) is 9.27. The topological polar surface area (TPSA) is 77.0 Å². The molecule has 0 radical (unpaired) electrons. The van der Waals surface area contributed by atoms with E-state index in [2.05, 4.69) is 29.2 Å². The molecule has 0 aliphatic rings. The summed E-state index contributed by atoms with van der Waals surface area (Å²) in [5, 5.41) is 0. The van der Waals surface area contributed by atoms with Crippen molar-refractivity contribution in [2.75, 3.05) is 5.43 Å².